The van der Waals surface area contributed by atoms with Gasteiger partial charge in [0.15, 0.2) is 9.84 Å². The van der Waals surface area contributed by atoms with E-state index in [-0.39, 0.29) is 11.5 Å². The first-order chi connectivity index (χ1) is 7.30. The molecule has 0 aliphatic carbocycles. The fourth-order valence-electron chi connectivity index (χ4n) is 1.33. The molecule has 16 heavy (non-hydrogen) atoms. The molecule has 4 nitrogen and oxygen atoms in total. The largest absolute Gasteiger partial charge is 0.392 e. The van der Waals surface area contributed by atoms with Crippen LogP contribution in [0.2, 0.25) is 0 Å². The summed E-state index contributed by atoms with van der Waals surface area (Å²) >= 11 is 3.26. The highest BCUT2D eigenvalue weighted by atomic mass is 79.9. The summed E-state index contributed by atoms with van der Waals surface area (Å²) in [7, 11) is -3.32. The van der Waals surface area contributed by atoms with Crippen LogP contribution in [0.4, 0.5) is 0 Å². The lowest BCUT2D eigenvalue weighted by Gasteiger charge is -2.08. The summed E-state index contributed by atoms with van der Waals surface area (Å²) in [6, 6.07) is 3.57. The fourth-order valence-corrected chi connectivity index (χ4v) is 3.37. The number of sulfone groups is 1. The number of nitrogens with zero attached hydrogens (tertiary/aromatic N) is 1. The van der Waals surface area contributed by atoms with Gasteiger partial charge in [-0.15, -0.1) is 0 Å². The smallest absolute Gasteiger partial charge is 0.158 e. The molecule has 0 aliphatic rings. The highest BCUT2D eigenvalue weighted by Crippen LogP contribution is 2.18. The van der Waals surface area contributed by atoms with E-state index in [1.165, 1.54) is 6.92 Å². The maximum atomic E-state index is 11.7. The standard InChI is InChI=1S/C10H14BrNO3S/c1-7-3-4-9(11)10(12-7)6-16(14,15)5-8(2)13/h3-4,8,13H,5-6H2,1-2H3. The second-order valence-corrected chi connectivity index (χ2v) is 6.75. The summed E-state index contributed by atoms with van der Waals surface area (Å²) in [5.74, 6) is -0.394. The molecule has 0 aromatic carbocycles. The van der Waals surface area contributed by atoms with Crippen LogP contribution in [0.5, 0.6) is 0 Å². The average Bonchev–Trinajstić information content (AvgIpc) is 2.08. The van der Waals surface area contributed by atoms with Gasteiger partial charge in [0.05, 0.1) is 23.3 Å². The molecule has 0 fully saturated rings. The molecule has 0 spiro atoms. The summed E-state index contributed by atoms with van der Waals surface area (Å²) in [6.07, 6.45) is -0.853. The Morgan fingerprint density at radius 2 is 2.12 bits per heavy atom. The van der Waals surface area contributed by atoms with Crippen LogP contribution in [0.15, 0.2) is 16.6 Å². The monoisotopic (exact) mass is 307 g/mol. The third-order valence-electron chi connectivity index (χ3n) is 1.91. The minimum absolute atomic E-state index is 0.153. The third-order valence-corrected chi connectivity index (χ3v) is 4.34. The van der Waals surface area contributed by atoms with E-state index in [9.17, 15) is 8.42 Å². The molecule has 1 unspecified atom stereocenters. The number of aromatic nitrogens is 1. The molecule has 0 bridgehead atoms. The molecule has 1 atom stereocenters. The van der Waals surface area contributed by atoms with Crippen molar-refractivity contribution in [1.29, 1.82) is 0 Å². The van der Waals surface area contributed by atoms with Crippen molar-refractivity contribution in [2.45, 2.75) is 25.7 Å². The fraction of sp³-hybridized carbons (Fsp3) is 0.500. The maximum Gasteiger partial charge on any atom is 0.158 e. The number of aliphatic hydroxyl groups excluding tert-OH is 1. The van der Waals surface area contributed by atoms with E-state index in [4.69, 9.17) is 5.11 Å². The number of halogens is 1. The Morgan fingerprint density at radius 1 is 1.50 bits per heavy atom. The predicted molar refractivity (Wildman–Crippen MR) is 65.8 cm³/mol. The lowest BCUT2D eigenvalue weighted by molar-refractivity contribution is 0.218. The van der Waals surface area contributed by atoms with Gasteiger partial charge in [-0.2, -0.15) is 0 Å². The van der Waals surface area contributed by atoms with Crippen LogP contribution in [-0.4, -0.2) is 30.4 Å². The zero-order valence-corrected chi connectivity index (χ0v) is 11.5. The molecule has 1 heterocycles. The molecule has 1 aromatic heterocycles. The highest BCUT2D eigenvalue weighted by molar-refractivity contribution is 9.10. The molecular weight excluding hydrogens is 294 g/mol. The third kappa shape index (κ3) is 4.19. The lowest BCUT2D eigenvalue weighted by atomic mass is 10.3. The first-order valence-corrected chi connectivity index (χ1v) is 7.42. The van der Waals surface area contributed by atoms with Crippen molar-refractivity contribution < 1.29 is 13.5 Å². The quantitative estimate of drug-likeness (QED) is 0.914. The van der Waals surface area contributed by atoms with Crippen LogP contribution >= 0.6 is 15.9 Å². The molecule has 1 N–H and O–H groups in total. The van der Waals surface area contributed by atoms with Crippen LogP contribution in [-0.2, 0) is 15.6 Å². The zero-order valence-electron chi connectivity index (χ0n) is 9.14. The van der Waals surface area contributed by atoms with Crippen LogP contribution in [0.1, 0.15) is 18.3 Å². The maximum absolute atomic E-state index is 11.7. The van der Waals surface area contributed by atoms with Gasteiger partial charge in [-0.3, -0.25) is 4.98 Å². The number of hydrogen-bond acceptors (Lipinski definition) is 4. The Labute approximate surface area is 104 Å². The van der Waals surface area contributed by atoms with Crippen molar-refractivity contribution in [3.05, 3.63) is 28.0 Å². The Hall–Kier alpha value is -0.460. The summed E-state index contributed by atoms with van der Waals surface area (Å²) < 4.78 is 24.0. The number of rotatable bonds is 4. The van der Waals surface area contributed by atoms with E-state index in [0.717, 1.165) is 5.69 Å². The second-order valence-electron chi connectivity index (χ2n) is 3.78. The summed E-state index contributed by atoms with van der Waals surface area (Å²) in [5, 5.41) is 9.08. The van der Waals surface area contributed by atoms with Gasteiger partial charge in [0.1, 0.15) is 0 Å². The molecule has 0 radical (unpaired) electrons. The van der Waals surface area contributed by atoms with Gasteiger partial charge in [-0.1, -0.05) is 0 Å². The van der Waals surface area contributed by atoms with Crippen LogP contribution < -0.4 is 0 Å². The van der Waals surface area contributed by atoms with Gasteiger partial charge < -0.3 is 5.11 Å². The first kappa shape index (κ1) is 13.6. The highest BCUT2D eigenvalue weighted by Gasteiger charge is 2.17. The van der Waals surface area contributed by atoms with Crippen LogP contribution in [0, 0.1) is 6.92 Å². The van der Waals surface area contributed by atoms with E-state index in [1.807, 2.05) is 0 Å². The van der Waals surface area contributed by atoms with Crippen molar-refractivity contribution in [3.8, 4) is 0 Å². The Kier molecular flexibility index (Phi) is 4.46. The number of aryl methyl sites for hydroxylation is 1. The minimum atomic E-state index is -3.32. The second kappa shape index (κ2) is 5.25. The molecule has 0 saturated carbocycles. The van der Waals surface area contributed by atoms with E-state index in [1.54, 1.807) is 19.1 Å². The number of hydrogen-bond donors (Lipinski definition) is 1. The minimum Gasteiger partial charge on any atom is -0.392 e. The summed E-state index contributed by atoms with van der Waals surface area (Å²) in [4.78, 5) is 4.16. The molecular formula is C10H14BrNO3S. The average molecular weight is 308 g/mol. The Bertz CT molecular complexity index is 471. The van der Waals surface area contributed by atoms with Crippen LogP contribution in [0.3, 0.4) is 0 Å². The van der Waals surface area contributed by atoms with Gasteiger partial charge >= 0.3 is 0 Å². The van der Waals surface area contributed by atoms with E-state index >= 15 is 0 Å². The summed E-state index contributed by atoms with van der Waals surface area (Å²) in [5.41, 5.74) is 1.26. The molecule has 90 valence electrons. The predicted octanol–water partition coefficient (Wildman–Crippen LogP) is 1.45. The molecule has 0 aliphatic heterocycles. The number of pyridine rings is 1. The molecule has 0 amide bonds. The Morgan fingerprint density at radius 3 is 2.69 bits per heavy atom. The zero-order chi connectivity index (χ0) is 12.3. The van der Waals surface area contributed by atoms with Gasteiger partial charge in [-0.05, 0) is 41.9 Å². The number of aliphatic hydroxyl groups is 1. The van der Waals surface area contributed by atoms with E-state index in [2.05, 4.69) is 20.9 Å². The van der Waals surface area contributed by atoms with E-state index < -0.39 is 15.9 Å². The SMILES string of the molecule is Cc1ccc(Br)c(CS(=O)(=O)CC(C)O)n1. The molecule has 0 saturated heterocycles. The van der Waals surface area contributed by atoms with Crippen molar-refractivity contribution in [1.82, 2.24) is 4.98 Å². The van der Waals surface area contributed by atoms with Crippen molar-refractivity contribution >= 4 is 25.8 Å². The van der Waals surface area contributed by atoms with E-state index in [0.29, 0.717) is 10.2 Å². The Balaban J connectivity index is 2.92. The van der Waals surface area contributed by atoms with Gasteiger partial charge in [-0.25, -0.2) is 8.42 Å². The molecule has 6 heteroatoms. The molecule has 1 aromatic rings. The van der Waals surface area contributed by atoms with Crippen molar-refractivity contribution in [3.63, 3.8) is 0 Å². The van der Waals surface area contributed by atoms with Crippen LogP contribution in [0.25, 0.3) is 0 Å². The summed E-state index contributed by atoms with van der Waals surface area (Å²) in [6.45, 7) is 3.26. The van der Waals surface area contributed by atoms with Gasteiger partial charge in [0, 0.05) is 10.2 Å². The topological polar surface area (TPSA) is 67.3 Å². The van der Waals surface area contributed by atoms with Gasteiger partial charge in [0.2, 0.25) is 0 Å². The van der Waals surface area contributed by atoms with Gasteiger partial charge in [0.25, 0.3) is 0 Å². The van der Waals surface area contributed by atoms with Crippen molar-refractivity contribution in [2.75, 3.05) is 5.75 Å². The normalized spacial score (nSPS) is 13.8. The van der Waals surface area contributed by atoms with Crippen molar-refractivity contribution in [2.24, 2.45) is 0 Å². The first-order valence-electron chi connectivity index (χ1n) is 4.80. The molecule has 1 rings (SSSR count). The lowest BCUT2D eigenvalue weighted by Crippen LogP contribution is -2.19.